The van der Waals surface area contributed by atoms with Crippen LogP contribution in [0, 0.1) is 0 Å². The molecule has 5 rings (SSSR count). The zero-order chi connectivity index (χ0) is 22.1. The van der Waals surface area contributed by atoms with Crippen LogP contribution in [0.1, 0.15) is 50.2 Å². The van der Waals surface area contributed by atoms with Crippen LogP contribution in [-0.4, -0.2) is 63.8 Å². The Morgan fingerprint density at radius 2 is 1.97 bits per heavy atom. The highest BCUT2D eigenvalue weighted by molar-refractivity contribution is 7.98. The number of nitrogens with one attached hydrogen (secondary N) is 1. The largest absolute Gasteiger partial charge is 0.379 e. The number of nitrogens with zero attached hydrogens (tertiary/aromatic N) is 5. The van der Waals surface area contributed by atoms with Gasteiger partial charge in [-0.2, -0.15) is 4.31 Å². The van der Waals surface area contributed by atoms with E-state index in [9.17, 15) is 8.42 Å². The first kappa shape index (κ1) is 21.9. The fourth-order valence-corrected chi connectivity index (χ4v) is 6.73. The molecule has 1 saturated heterocycles. The fourth-order valence-electron chi connectivity index (χ4n) is 4.55. The molecule has 32 heavy (non-hydrogen) atoms. The van der Waals surface area contributed by atoms with Gasteiger partial charge in [-0.25, -0.2) is 18.4 Å². The summed E-state index contributed by atoms with van der Waals surface area (Å²) in [5, 5.41) is 8.22. The van der Waals surface area contributed by atoms with Gasteiger partial charge in [-0.15, -0.1) is 5.10 Å². The van der Waals surface area contributed by atoms with E-state index in [1.807, 2.05) is 6.07 Å². The van der Waals surface area contributed by atoms with Gasteiger partial charge in [0.2, 0.25) is 15.2 Å². The van der Waals surface area contributed by atoms with Gasteiger partial charge in [-0.3, -0.25) is 5.10 Å². The van der Waals surface area contributed by atoms with Crippen LogP contribution in [0.4, 0.5) is 0 Å². The average molecular weight is 477 g/mol. The number of H-pyrrole nitrogens is 1. The summed E-state index contributed by atoms with van der Waals surface area (Å²) in [6, 6.07) is 5.23. The van der Waals surface area contributed by atoms with Crippen molar-refractivity contribution in [2.75, 3.05) is 26.3 Å². The zero-order valence-electron chi connectivity index (χ0n) is 18.2. The Balaban J connectivity index is 1.36. The summed E-state index contributed by atoms with van der Waals surface area (Å²) in [4.78, 5) is 9.73. The first-order chi connectivity index (χ1) is 15.6. The van der Waals surface area contributed by atoms with Crippen molar-refractivity contribution in [3.63, 3.8) is 0 Å². The first-order valence-corrected chi connectivity index (χ1v) is 13.6. The monoisotopic (exact) mass is 476 g/mol. The van der Waals surface area contributed by atoms with Crippen LogP contribution in [-0.2, 0) is 27.1 Å². The number of fused-ring (bicyclic) bond motifs is 1. The Hall–Kier alpha value is -1.95. The topological polar surface area (TPSA) is 106 Å². The minimum absolute atomic E-state index is 0.280. The van der Waals surface area contributed by atoms with Crippen molar-refractivity contribution in [3.05, 3.63) is 29.8 Å². The molecule has 0 bridgehead atoms. The first-order valence-electron chi connectivity index (χ1n) is 11.2. The predicted molar refractivity (Wildman–Crippen MR) is 122 cm³/mol. The van der Waals surface area contributed by atoms with Gasteiger partial charge in [0.1, 0.15) is 11.6 Å². The molecular formula is C21H28N6O3S2. The zero-order valence-corrected chi connectivity index (χ0v) is 19.8. The Morgan fingerprint density at radius 3 is 2.72 bits per heavy atom. The van der Waals surface area contributed by atoms with Crippen molar-refractivity contribution in [1.82, 2.24) is 29.0 Å². The second kappa shape index (κ2) is 9.12. The number of benzene rings is 1. The van der Waals surface area contributed by atoms with Crippen molar-refractivity contribution in [3.8, 4) is 0 Å². The smallest absolute Gasteiger partial charge is 0.243 e. The third-order valence-electron chi connectivity index (χ3n) is 6.28. The number of hydrogen-bond acceptors (Lipinski definition) is 7. The van der Waals surface area contributed by atoms with Crippen LogP contribution < -0.4 is 0 Å². The normalized spacial score (nSPS) is 18.7. The fraction of sp³-hybridized carbons (Fsp3) is 0.571. The molecule has 0 unspecified atom stereocenters. The standard InChI is InChI=1S/C21H28N6O3S2/c1-2-27-18-8-7-16(32(28,29)26-9-11-30-12-10-26)13-17(18)22-19(27)14-31-21-23-20(24-25-21)15-5-3-4-6-15/h7-8,13,15H,2-6,9-12,14H2,1H3,(H,23,24,25). The van der Waals surface area contributed by atoms with Crippen LogP contribution >= 0.6 is 11.8 Å². The summed E-state index contributed by atoms with van der Waals surface area (Å²) >= 11 is 1.55. The van der Waals surface area contributed by atoms with Crippen molar-refractivity contribution < 1.29 is 13.2 Å². The highest BCUT2D eigenvalue weighted by atomic mass is 32.2. The van der Waals surface area contributed by atoms with Crippen molar-refractivity contribution in [1.29, 1.82) is 0 Å². The molecule has 1 aliphatic carbocycles. The molecule has 2 aromatic heterocycles. The third-order valence-corrected chi connectivity index (χ3v) is 9.02. The lowest BCUT2D eigenvalue weighted by Crippen LogP contribution is -2.40. The summed E-state index contributed by atoms with van der Waals surface area (Å²) < 4.78 is 34.9. The van der Waals surface area contributed by atoms with E-state index in [0.29, 0.717) is 43.5 Å². The molecule has 172 valence electrons. The number of ether oxygens (including phenoxy) is 1. The van der Waals surface area contributed by atoms with Crippen LogP contribution in [0.25, 0.3) is 11.0 Å². The van der Waals surface area contributed by atoms with E-state index in [1.165, 1.54) is 30.0 Å². The molecule has 0 atom stereocenters. The van der Waals surface area contributed by atoms with Gasteiger partial charge >= 0.3 is 0 Å². The molecule has 3 heterocycles. The van der Waals surface area contributed by atoms with Crippen LogP contribution in [0.3, 0.4) is 0 Å². The molecule has 11 heteroatoms. The van der Waals surface area contributed by atoms with E-state index < -0.39 is 10.0 Å². The summed E-state index contributed by atoms with van der Waals surface area (Å²) in [5.41, 5.74) is 1.63. The second-order valence-corrected chi connectivity index (χ2v) is 11.1. The lowest BCUT2D eigenvalue weighted by molar-refractivity contribution is 0.0730. The summed E-state index contributed by atoms with van der Waals surface area (Å²) in [6.45, 7) is 4.44. The molecule has 2 fully saturated rings. The quantitative estimate of drug-likeness (QED) is 0.522. The molecule has 0 amide bonds. The summed E-state index contributed by atoms with van der Waals surface area (Å²) in [7, 11) is -3.55. The van der Waals surface area contributed by atoms with Crippen molar-refractivity contribution >= 4 is 32.8 Å². The second-order valence-electron chi connectivity index (χ2n) is 8.21. The molecule has 0 radical (unpaired) electrons. The maximum absolute atomic E-state index is 13.0. The molecule has 1 N–H and O–H groups in total. The molecule has 1 aliphatic heterocycles. The Morgan fingerprint density at radius 1 is 1.19 bits per heavy atom. The molecule has 0 spiro atoms. The van der Waals surface area contributed by atoms with Gasteiger partial charge in [0.25, 0.3) is 0 Å². The van der Waals surface area contributed by atoms with Gasteiger partial charge in [0.05, 0.1) is 34.9 Å². The Bertz CT molecular complexity index is 1190. The van der Waals surface area contributed by atoms with Gasteiger partial charge in [-0.05, 0) is 38.0 Å². The number of aromatic nitrogens is 5. The molecule has 3 aromatic rings. The molecule has 2 aliphatic rings. The highest BCUT2D eigenvalue weighted by Crippen LogP contribution is 2.33. The van der Waals surface area contributed by atoms with E-state index in [1.54, 1.807) is 23.9 Å². The molecule has 9 nitrogen and oxygen atoms in total. The van der Waals surface area contributed by atoms with Crippen LogP contribution in [0.2, 0.25) is 0 Å². The van der Waals surface area contributed by atoms with Crippen molar-refractivity contribution in [2.24, 2.45) is 0 Å². The number of aromatic amines is 1. The molecule has 1 aromatic carbocycles. The maximum atomic E-state index is 13.0. The van der Waals surface area contributed by atoms with E-state index in [-0.39, 0.29) is 4.90 Å². The SMILES string of the molecule is CCn1c(CSc2n[nH]c(C3CCCC3)n2)nc2cc(S(=O)(=O)N3CCOCC3)ccc21. The van der Waals surface area contributed by atoms with Crippen LogP contribution in [0.5, 0.6) is 0 Å². The lowest BCUT2D eigenvalue weighted by Gasteiger charge is -2.26. The predicted octanol–water partition coefficient (Wildman–Crippen LogP) is 3.15. The van der Waals surface area contributed by atoms with Gasteiger partial charge in [0, 0.05) is 25.6 Å². The highest BCUT2D eigenvalue weighted by Gasteiger charge is 2.27. The lowest BCUT2D eigenvalue weighted by atomic mass is 10.1. The van der Waals surface area contributed by atoms with Gasteiger partial charge in [0.15, 0.2) is 0 Å². The number of imidazole rings is 1. The minimum atomic E-state index is -3.55. The summed E-state index contributed by atoms with van der Waals surface area (Å²) in [6.07, 6.45) is 4.89. The van der Waals surface area contributed by atoms with Gasteiger partial charge < -0.3 is 9.30 Å². The van der Waals surface area contributed by atoms with E-state index in [4.69, 9.17) is 9.72 Å². The molecular weight excluding hydrogens is 448 g/mol. The number of thioether (sulfide) groups is 1. The van der Waals surface area contributed by atoms with Gasteiger partial charge in [-0.1, -0.05) is 24.6 Å². The van der Waals surface area contributed by atoms with E-state index >= 15 is 0 Å². The Labute approximate surface area is 192 Å². The number of sulfonamides is 1. The molecule has 1 saturated carbocycles. The third kappa shape index (κ3) is 4.18. The number of hydrogen-bond donors (Lipinski definition) is 1. The number of rotatable bonds is 7. The van der Waals surface area contributed by atoms with E-state index in [0.717, 1.165) is 28.9 Å². The number of morpholine rings is 1. The number of aryl methyl sites for hydroxylation is 1. The average Bonchev–Trinajstić information content (AvgIpc) is 3.57. The summed E-state index contributed by atoms with van der Waals surface area (Å²) in [5.74, 6) is 3.01. The van der Waals surface area contributed by atoms with E-state index in [2.05, 4.69) is 26.7 Å². The minimum Gasteiger partial charge on any atom is -0.379 e. The van der Waals surface area contributed by atoms with Crippen molar-refractivity contribution in [2.45, 2.75) is 60.9 Å². The van der Waals surface area contributed by atoms with Crippen LogP contribution in [0.15, 0.2) is 28.3 Å². The Kier molecular flexibility index (Phi) is 6.24. The maximum Gasteiger partial charge on any atom is 0.243 e.